The van der Waals surface area contributed by atoms with Crippen molar-refractivity contribution in [1.82, 2.24) is 19.4 Å². The topological polar surface area (TPSA) is 51.0 Å². The van der Waals surface area contributed by atoms with Crippen LogP contribution in [0, 0.1) is 6.92 Å². The highest BCUT2D eigenvalue weighted by Crippen LogP contribution is 2.27. The number of rotatable bonds is 6. The lowest BCUT2D eigenvalue weighted by Gasteiger charge is -2.33. The average molecular weight is 417 g/mol. The van der Waals surface area contributed by atoms with Crippen LogP contribution in [0.4, 0.5) is 0 Å². The Bertz CT molecular complexity index is 1020. The summed E-state index contributed by atoms with van der Waals surface area (Å²) >= 11 is 0. The second kappa shape index (κ2) is 9.46. The van der Waals surface area contributed by atoms with Crippen molar-refractivity contribution in [3.63, 3.8) is 0 Å². The molecule has 0 aliphatic carbocycles. The summed E-state index contributed by atoms with van der Waals surface area (Å²) in [6, 6.07) is 15.0. The highest BCUT2D eigenvalue weighted by molar-refractivity contribution is 5.76. The van der Waals surface area contributed by atoms with Crippen LogP contribution in [0.5, 0.6) is 0 Å². The van der Waals surface area contributed by atoms with Gasteiger partial charge in [0.25, 0.3) is 0 Å². The third kappa shape index (κ3) is 5.22. The SMILES string of the molecule is Cc1cc(Cc2ccccc2)cc([C@H]2CCCN(C(=O)Cn3ccnc3C(C)C)C2)n1. The minimum Gasteiger partial charge on any atom is -0.340 e. The summed E-state index contributed by atoms with van der Waals surface area (Å²) in [6.45, 7) is 8.21. The number of hydrogen-bond donors (Lipinski definition) is 0. The molecule has 2 aromatic heterocycles. The zero-order valence-corrected chi connectivity index (χ0v) is 18.8. The van der Waals surface area contributed by atoms with E-state index < -0.39 is 0 Å². The molecule has 162 valence electrons. The molecule has 1 aliphatic rings. The molecule has 4 rings (SSSR count). The molecule has 5 heteroatoms. The van der Waals surface area contributed by atoms with Gasteiger partial charge in [0.15, 0.2) is 0 Å². The number of amides is 1. The first-order chi connectivity index (χ1) is 15.0. The number of aryl methyl sites for hydroxylation is 1. The number of nitrogens with zero attached hydrogens (tertiary/aromatic N) is 4. The van der Waals surface area contributed by atoms with Gasteiger partial charge in [-0.3, -0.25) is 9.78 Å². The molecule has 0 radical (unpaired) electrons. The van der Waals surface area contributed by atoms with Gasteiger partial charge in [0, 0.05) is 48.7 Å². The number of carbonyl (C=O) groups excluding carboxylic acids is 1. The van der Waals surface area contributed by atoms with Gasteiger partial charge in [-0.2, -0.15) is 0 Å². The Hall–Kier alpha value is -2.95. The van der Waals surface area contributed by atoms with Crippen molar-refractivity contribution in [3.8, 4) is 0 Å². The summed E-state index contributed by atoms with van der Waals surface area (Å²) in [6.07, 6.45) is 6.69. The second-order valence-electron chi connectivity index (χ2n) is 8.95. The van der Waals surface area contributed by atoms with Gasteiger partial charge in [0.2, 0.25) is 5.91 Å². The standard InChI is InChI=1S/C26H32N4O/c1-19(2)26-27-11-13-30(26)18-25(31)29-12-7-10-23(17-29)24-16-22(14-20(3)28-24)15-21-8-5-4-6-9-21/h4-6,8-9,11,13-14,16,19,23H,7,10,12,15,17-18H2,1-3H3/t23-/m0/s1. The summed E-state index contributed by atoms with van der Waals surface area (Å²) in [5.41, 5.74) is 4.76. The molecule has 1 atom stereocenters. The number of carbonyl (C=O) groups is 1. The van der Waals surface area contributed by atoms with Gasteiger partial charge < -0.3 is 9.47 Å². The molecule has 3 aromatic rings. The van der Waals surface area contributed by atoms with Crippen molar-refractivity contribution in [2.45, 2.75) is 58.4 Å². The first-order valence-electron chi connectivity index (χ1n) is 11.3. The van der Waals surface area contributed by atoms with Crippen LogP contribution in [0.15, 0.2) is 54.9 Å². The predicted molar refractivity (Wildman–Crippen MR) is 123 cm³/mol. The van der Waals surface area contributed by atoms with Gasteiger partial charge in [-0.15, -0.1) is 0 Å². The molecule has 0 unspecified atom stereocenters. The Balaban J connectivity index is 1.46. The molecule has 31 heavy (non-hydrogen) atoms. The third-order valence-corrected chi connectivity index (χ3v) is 6.05. The number of piperidine rings is 1. The van der Waals surface area contributed by atoms with Crippen LogP contribution in [0.1, 0.15) is 66.9 Å². The Morgan fingerprint density at radius 1 is 1.16 bits per heavy atom. The van der Waals surface area contributed by atoms with Gasteiger partial charge in [0.1, 0.15) is 12.4 Å². The Morgan fingerprint density at radius 3 is 2.74 bits per heavy atom. The van der Waals surface area contributed by atoms with Crippen molar-refractivity contribution in [2.24, 2.45) is 0 Å². The van der Waals surface area contributed by atoms with Crippen LogP contribution in [0.25, 0.3) is 0 Å². The monoisotopic (exact) mass is 416 g/mol. The van der Waals surface area contributed by atoms with Gasteiger partial charge in [-0.1, -0.05) is 44.2 Å². The van der Waals surface area contributed by atoms with Crippen molar-refractivity contribution in [1.29, 1.82) is 0 Å². The lowest BCUT2D eigenvalue weighted by molar-refractivity contribution is -0.133. The first-order valence-corrected chi connectivity index (χ1v) is 11.3. The molecule has 0 spiro atoms. The van der Waals surface area contributed by atoms with Gasteiger partial charge in [-0.05, 0) is 49.4 Å². The van der Waals surface area contributed by atoms with E-state index in [2.05, 4.69) is 62.2 Å². The highest BCUT2D eigenvalue weighted by atomic mass is 16.2. The molecular formula is C26H32N4O. The molecule has 0 bridgehead atoms. The Kier molecular flexibility index (Phi) is 6.50. The number of benzene rings is 1. The van der Waals surface area contributed by atoms with Gasteiger partial charge in [0.05, 0.1) is 0 Å². The van der Waals surface area contributed by atoms with E-state index in [1.54, 1.807) is 6.20 Å². The second-order valence-corrected chi connectivity index (χ2v) is 8.95. The van der Waals surface area contributed by atoms with Crippen LogP contribution in [-0.4, -0.2) is 38.4 Å². The minimum absolute atomic E-state index is 0.168. The van der Waals surface area contributed by atoms with Gasteiger partial charge >= 0.3 is 0 Å². The van der Waals surface area contributed by atoms with E-state index in [9.17, 15) is 4.79 Å². The third-order valence-electron chi connectivity index (χ3n) is 6.05. The summed E-state index contributed by atoms with van der Waals surface area (Å²) in [7, 11) is 0. The van der Waals surface area contributed by atoms with Crippen LogP contribution >= 0.6 is 0 Å². The predicted octanol–water partition coefficient (Wildman–Crippen LogP) is 4.71. The minimum atomic E-state index is 0.168. The number of likely N-dealkylation sites (tertiary alicyclic amines) is 1. The molecule has 1 fully saturated rings. The molecular weight excluding hydrogens is 384 g/mol. The van der Waals surface area contributed by atoms with E-state index >= 15 is 0 Å². The zero-order valence-electron chi connectivity index (χ0n) is 18.8. The van der Waals surface area contributed by atoms with Crippen molar-refractivity contribution >= 4 is 5.91 Å². The molecule has 5 nitrogen and oxygen atoms in total. The maximum atomic E-state index is 13.0. The van der Waals surface area contributed by atoms with Crippen LogP contribution in [-0.2, 0) is 17.8 Å². The van der Waals surface area contributed by atoms with Crippen molar-refractivity contribution < 1.29 is 4.79 Å². The fourth-order valence-corrected chi connectivity index (χ4v) is 4.56. The maximum absolute atomic E-state index is 13.0. The fraction of sp³-hybridized carbons (Fsp3) is 0.423. The number of aromatic nitrogens is 3. The quantitative estimate of drug-likeness (QED) is 0.585. The normalized spacial score (nSPS) is 16.6. The first kappa shape index (κ1) is 21.3. The number of imidazole rings is 1. The van der Waals surface area contributed by atoms with Crippen molar-refractivity contribution in [3.05, 3.63) is 83.2 Å². The van der Waals surface area contributed by atoms with Crippen LogP contribution in [0.2, 0.25) is 0 Å². The summed E-state index contributed by atoms with van der Waals surface area (Å²) in [5, 5.41) is 0. The molecule has 1 aliphatic heterocycles. The summed E-state index contributed by atoms with van der Waals surface area (Å²) in [5.74, 6) is 1.73. The lowest BCUT2D eigenvalue weighted by Crippen LogP contribution is -2.41. The van der Waals surface area contributed by atoms with Crippen molar-refractivity contribution in [2.75, 3.05) is 13.1 Å². The smallest absolute Gasteiger partial charge is 0.242 e. The largest absolute Gasteiger partial charge is 0.340 e. The van der Waals surface area contributed by atoms with E-state index in [1.807, 2.05) is 21.7 Å². The van der Waals surface area contributed by atoms with E-state index in [-0.39, 0.29) is 5.91 Å². The molecule has 1 amide bonds. The number of pyridine rings is 1. The zero-order chi connectivity index (χ0) is 21.8. The Labute approximate surface area is 185 Å². The van der Waals surface area contributed by atoms with Crippen LogP contribution < -0.4 is 0 Å². The summed E-state index contributed by atoms with van der Waals surface area (Å²) in [4.78, 5) is 24.3. The highest BCUT2D eigenvalue weighted by Gasteiger charge is 2.26. The summed E-state index contributed by atoms with van der Waals surface area (Å²) < 4.78 is 1.99. The Morgan fingerprint density at radius 2 is 1.97 bits per heavy atom. The number of hydrogen-bond acceptors (Lipinski definition) is 3. The molecule has 0 saturated carbocycles. The molecule has 1 saturated heterocycles. The molecule has 1 aromatic carbocycles. The van der Waals surface area contributed by atoms with E-state index in [1.165, 1.54) is 11.1 Å². The maximum Gasteiger partial charge on any atom is 0.242 e. The van der Waals surface area contributed by atoms with E-state index in [0.717, 1.165) is 49.6 Å². The lowest BCUT2D eigenvalue weighted by atomic mass is 9.92. The molecule has 0 N–H and O–H groups in total. The molecule has 3 heterocycles. The fourth-order valence-electron chi connectivity index (χ4n) is 4.56. The van der Waals surface area contributed by atoms with Gasteiger partial charge in [-0.25, -0.2) is 4.98 Å². The van der Waals surface area contributed by atoms with E-state index in [4.69, 9.17) is 4.98 Å². The van der Waals surface area contributed by atoms with Crippen LogP contribution in [0.3, 0.4) is 0 Å². The average Bonchev–Trinajstić information content (AvgIpc) is 3.22. The van der Waals surface area contributed by atoms with E-state index in [0.29, 0.717) is 18.4 Å².